The van der Waals surface area contributed by atoms with Crippen LogP contribution in [0.4, 0.5) is 9.59 Å². The Morgan fingerprint density at radius 3 is 2.47 bits per heavy atom. The van der Waals surface area contributed by atoms with E-state index in [4.69, 9.17) is 23.7 Å². The molecule has 282 valence electrons. The van der Waals surface area contributed by atoms with Crippen LogP contribution in [0.5, 0.6) is 5.75 Å². The molecule has 16 heteroatoms. The van der Waals surface area contributed by atoms with Crippen molar-refractivity contribution in [3.8, 4) is 5.75 Å². The third-order valence-corrected chi connectivity index (χ3v) is 10.6. The quantitative estimate of drug-likeness (QED) is 0.165. The molecule has 0 spiro atoms. The van der Waals surface area contributed by atoms with E-state index >= 15 is 0 Å². The topological polar surface area (TPSA) is 191 Å². The van der Waals surface area contributed by atoms with Crippen LogP contribution in [0.2, 0.25) is 0 Å². The molecule has 4 rings (SSSR count). The lowest BCUT2D eigenvalue weighted by Gasteiger charge is -2.35. The van der Waals surface area contributed by atoms with Crippen LogP contribution in [0.25, 0.3) is 0 Å². The monoisotopic (exact) mass is 734 g/mol. The summed E-state index contributed by atoms with van der Waals surface area (Å²) in [4.78, 5) is 37.0. The number of amides is 3. The number of carbonyl (C=O) groups excluding carboxylic acids is 3. The summed E-state index contributed by atoms with van der Waals surface area (Å²) in [6.07, 6.45) is -1.82. The number of esters is 1. The van der Waals surface area contributed by atoms with Crippen LogP contribution < -0.4 is 20.7 Å². The van der Waals surface area contributed by atoms with Crippen molar-refractivity contribution in [2.45, 2.75) is 69.5 Å². The Bertz CT molecular complexity index is 1540. The summed E-state index contributed by atoms with van der Waals surface area (Å²) in [6, 6.07) is 13.6. The number of urea groups is 1. The summed E-state index contributed by atoms with van der Waals surface area (Å²) in [5, 5.41) is 19.6. The zero-order valence-electron chi connectivity index (χ0n) is 29.5. The normalized spacial score (nSPS) is 19.8. The van der Waals surface area contributed by atoms with Gasteiger partial charge in [-0.25, -0.2) is 18.0 Å². The maximum Gasteiger partial charge on any atom is 0.407 e. The average Bonchev–Trinajstić information content (AvgIpc) is 3.72. The Labute approximate surface area is 299 Å². The van der Waals surface area contributed by atoms with Crippen LogP contribution >= 0.6 is 0 Å². The smallest absolute Gasteiger partial charge is 0.407 e. The molecule has 2 aliphatic rings. The second kappa shape index (κ2) is 18.5. The fraction of sp³-hybridized carbons (Fsp3) is 0.571. The first-order valence-corrected chi connectivity index (χ1v) is 18.5. The van der Waals surface area contributed by atoms with Gasteiger partial charge in [0.1, 0.15) is 18.4 Å². The van der Waals surface area contributed by atoms with Crippen LogP contribution in [0.1, 0.15) is 39.2 Å². The van der Waals surface area contributed by atoms with Gasteiger partial charge in [-0.2, -0.15) is 4.31 Å². The maximum atomic E-state index is 14.2. The second-order valence-corrected chi connectivity index (χ2v) is 15.2. The largest absolute Gasteiger partial charge is 0.497 e. The molecule has 2 aliphatic heterocycles. The van der Waals surface area contributed by atoms with Crippen molar-refractivity contribution in [1.82, 2.24) is 20.3 Å². The molecular weight excluding hydrogens is 684 g/mol. The number of ether oxygens (including phenoxy) is 5. The highest BCUT2D eigenvalue weighted by molar-refractivity contribution is 7.89. The average molecular weight is 735 g/mol. The van der Waals surface area contributed by atoms with E-state index < -0.39 is 58.1 Å². The number of fused-ring (bicyclic) bond motifs is 1. The van der Waals surface area contributed by atoms with Crippen LogP contribution in [-0.2, 0) is 40.2 Å². The van der Waals surface area contributed by atoms with Gasteiger partial charge in [-0.1, -0.05) is 44.2 Å². The molecule has 2 fully saturated rings. The van der Waals surface area contributed by atoms with Crippen LogP contribution in [0.15, 0.2) is 59.5 Å². The minimum atomic E-state index is -4.19. The molecule has 51 heavy (non-hydrogen) atoms. The van der Waals surface area contributed by atoms with Crippen molar-refractivity contribution >= 4 is 28.1 Å². The second-order valence-electron chi connectivity index (χ2n) is 13.3. The number of hydrogen-bond acceptors (Lipinski definition) is 11. The summed E-state index contributed by atoms with van der Waals surface area (Å²) < 4.78 is 56.4. The molecule has 3 amide bonds. The zero-order chi connectivity index (χ0) is 37.0. The van der Waals surface area contributed by atoms with Gasteiger partial charge < -0.3 is 44.7 Å². The van der Waals surface area contributed by atoms with Crippen LogP contribution in [0, 0.1) is 11.3 Å². The molecule has 15 nitrogen and oxygen atoms in total. The third kappa shape index (κ3) is 11.8. The van der Waals surface area contributed by atoms with Gasteiger partial charge in [-0.15, -0.1) is 0 Å². The number of rotatable bonds is 18. The third-order valence-electron chi connectivity index (χ3n) is 8.79. The Balaban J connectivity index is 1.50. The standard InChI is InChI=1S/C35H50N4O11S/c1-5-47-31(41)20-37-33(42)36-17-16-35(2,3)23-39(51(44,45)26-13-11-25(46-4)12-14-26)21-29(40)28(19-24-9-7-6-8-10-24)38-34(43)50-30-22-49-32-27(30)15-18-48-32/h6-14,27-30,32,40H,5,15-23H2,1-4H3,(H,38,43)(H2,36,37,42)/t27-,28-,29+,30-,32+/m0/s1. The van der Waals surface area contributed by atoms with Gasteiger partial charge in [0.2, 0.25) is 10.0 Å². The number of aliphatic hydroxyl groups is 1. The van der Waals surface area contributed by atoms with Crippen molar-refractivity contribution in [2.24, 2.45) is 11.3 Å². The summed E-state index contributed by atoms with van der Waals surface area (Å²) >= 11 is 0. The molecule has 0 aliphatic carbocycles. The van der Waals surface area contributed by atoms with Gasteiger partial charge in [0.25, 0.3) is 0 Å². The zero-order valence-corrected chi connectivity index (χ0v) is 30.4. The molecule has 5 atom stereocenters. The number of alkyl carbamates (subject to hydrolysis) is 1. The van der Waals surface area contributed by atoms with Crippen molar-refractivity contribution in [3.05, 3.63) is 60.2 Å². The highest BCUT2D eigenvalue weighted by Crippen LogP contribution is 2.33. The molecule has 2 aromatic rings. The molecule has 0 bridgehead atoms. The minimum absolute atomic E-state index is 0.00989. The number of benzene rings is 2. The lowest BCUT2D eigenvalue weighted by Crippen LogP contribution is -2.52. The molecule has 0 saturated carbocycles. The number of nitrogens with one attached hydrogen (secondary N) is 3. The van der Waals surface area contributed by atoms with E-state index in [0.29, 0.717) is 25.2 Å². The van der Waals surface area contributed by atoms with Crippen LogP contribution in [0.3, 0.4) is 0 Å². The predicted octanol–water partition coefficient (Wildman–Crippen LogP) is 2.42. The molecule has 0 unspecified atom stereocenters. The molecule has 0 radical (unpaired) electrons. The summed E-state index contributed by atoms with van der Waals surface area (Å²) in [5.74, 6) is -0.176. The number of sulfonamides is 1. The van der Waals surface area contributed by atoms with E-state index in [0.717, 1.165) is 5.56 Å². The Hall–Kier alpha value is -3.96. The highest BCUT2D eigenvalue weighted by Gasteiger charge is 2.44. The van der Waals surface area contributed by atoms with E-state index in [1.165, 1.54) is 35.7 Å². The van der Waals surface area contributed by atoms with Gasteiger partial charge in [0.05, 0.1) is 49.9 Å². The van der Waals surface area contributed by atoms with E-state index in [-0.39, 0.29) is 56.6 Å². The van der Waals surface area contributed by atoms with E-state index in [9.17, 15) is 27.9 Å². The maximum absolute atomic E-state index is 14.2. The number of carbonyl (C=O) groups is 3. The van der Waals surface area contributed by atoms with Gasteiger partial charge in [0, 0.05) is 19.6 Å². The van der Waals surface area contributed by atoms with Gasteiger partial charge in [0.15, 0.2) is 6.29 Å². The minimum Gasteiger partial charge on any atom is -0.497 e. The summed E-state index contributed by atoms with van der Waals surface area (Å²) in [5.41, 5.74) is 0.102. The first-order chi connectivity index (χ1) is 24.3. The van der Waals surface area contributed by atoms with Crippen LogP contribution in [-0.4, -0.2) is 114 Å². The number of methoxy groups -OCH3 is 1. The summed E-state index contributed by atoms with van der Waals surface area (Å²) in [6.45, 7) is 5.72. The summed E-state index contributed by atoms with van der Waals surface area (Å²) in [7, 11) is -2.71. The van der Waals surface area contributed by atoms with E-state index in [1.54, 1.807) is 6.92 Å². The number of hydrogen-bond donors (Lipinski definition) is 4. The number of nitrogens with zero attached hydrogens (tertiary/aromatic N) is 1. The number of aliphatic hydroxyl groups excluding tert-OH is 1. The molecule has 2 saturated heterocycles. The van der Waals surface area contributed by atoms with E-state index in [1.807, 2.05) is 44.2 Å². The molecule has 0 aromatic heterocycles. The van der Waals surface area contributed by atoms with E-state index in [2.05, 4.69) is 16.0 Å². The highest BCUT2D eigenvalue weighted by atomic mass is 32.2. The van der Waals surface area contributed by atoms with Crippen molar-refractivity contribution < 1.29 is 51.6 Å². The van der Waals surface area contributed by atoms with Gasteiger partial charge in [-0.3, -0.25) is 4.79 Å². The fourth-order valence-electron chi connectivity index (χ4n) is 6.00. The fourth-order valence-corrected chi connectivity index (χ4v) is 7.65. The van der Waals surface area contributed by atoms with Crippen molar-refractivity contribution in [2.75, 3.05) is 53.1 Å². The SMILES string of the molecule is CCOC(=O)CNC(=O)NCCC(C)(C)CN(C[C@@H](O)[C@H](Cc1ccccc1)NC(=O)O[C@H]1CO[C@H]2OCC[C@H]21)S(=O)(=O)c1ccc(OC)cc1. The first kappa shape index (κ1) is 39.8. The Morgan fingerprint density at radius 1 is 1.06 bits per heavy atom. The Morgan fingerprint density at radius 2 is 1.78 bits per heavy atom. The molecule has 4 N–H and O–H groups in total. The lowest BCUT2D eigenvalue weighted by atomic mass is 9.89. The van der Waals surface area contributed by atoms with Crippen molar-refractivity contribution in [3.63, 3.8) is 0 Å². The molecular formula is C35H50N4O11S. The predicted molar refractivity (Wildman–Crippen MR) is 185 cm³/mol. The van der Waals surface area contributed by atoms with Gasteiger partial charge >= 0.3 is 18.1 Å². The molecule has 2 aromatic carbocycles. The lowest BCUT2D eigenvalue weighted by molar-refractivity contribution is -0.141. The van der Waals surface area contributed by atoms with Gasteiger partial charge in [-0.05, 0) is 61.4 Å². The van der Waals surface area contributed by atoms with Crippen molar-refractivity contribution in [1.29, 1.82) is 0 Å². The Kier molecular flexibility index (Phi) is 14.4. The first-order valence-electron chi connectivity index (χ1n) is 17.0. The molecule has 2 heterocycles.